The van der Waals surface area contributed by atoms with Crippen molar-refractivity contribution in [2.45, 2.75) is 37.9 Å². The number of halogens is 5. The van der Waals surface area contributed by atoms with Crippen molar-refractivity contribution < 1.29 is 27.9 Å². The quantitative estimate of drug-likeness (QED) is 0.824. The second-order valence-corrected chi connectivity index (χ2v) is 6.86. The van der Waals surface area contributed by atoms with E-state index < -0.39 is 42.4 Å². The molecular weight excluding hydrogens is 382 g/mol. The van der Waals surface area contributed by atoms with Crippen LogP contribution in [0.15, 0.2) is 18.2 Å². The molecule has 0 bridgehead atoms. The minimum absolute atomic E-state index is 0.240. The normalized spacial score (nSPS) is 22.6. The van der Waals surface area contributed by atoms with E-state index in [1.807, 2.05) is 0 Å². The molecule has 1 aromatic carbocycles. The summed E-state index contributed by atoms with van der Waals surface area (Å²) in [6.07, 6.45) is -5.43. The summed E-state index contributed by atoms with van der Waals surface area (Å²) in [5, 5.41) is 9.82. The number of carbonyl (C=O) groups is 2. The second-order valence-electron chi connectivity index (χ2n) is 6.04. The van der Waals surface area contributed by atoms with E-state index >= 15 is 0 Å². The van der Waals surface area contributed by atoms with Crippen LogP contribution >= 0.6 is 23.2 Å². The van der Waals surface area contributed by atoms with Crippen LogP contribution in [0.1, 0.15) is 31.2 Å². The molecule has 2 rings (SSSR count). The van der Waals surface area contributed by atoms with Crippen LogP contribution < -0.4 is 0 Å². The fourth-order valence-electron chi connectivity index (χ4n) is 2.93. The minimum Gasteiger partial charge on any atom is -0.480 e. The lowest BCUT2D eigenvalue weighted by atomic mass is 9.88. The molecule has 0 aromatic heterocycles. The summed E-state index contributed by atoms with van der Waals surface area (Å²) in [6.45, 7) is 1.29. The van der Waals surface area contributed by atoms with Gasteiger partial charge >= 0.3 is 12.1 Å². The molecule has 1 aliphatic rings. The summed E-state index contributed by atoms with van der Waals surface area (Å²) < 4.78 is 38.7. The van der Waals surface area contributed by atoms with Crippen LogP contribution in [-0.4, -0.2) is 40.6 Å². The maximum Gasteiger partial charge on any atom is 0.391 e. The zero-order chi connectivity index (χ0) is 18.9. The van der Waals surface area contributed by atoms with Gasteiger partial charge in [-0.3, -0.25) is 4.79 Å². The molecule has 138 valence electrons. The molecular formula is C16H16Cl2F3NO3. The molecule has 1 saturated heterocycles. The van der Waals surface area contributed by atoms with Gasteiger partial charge in [-0.25, -0.2) is 4.79 Å². The molecule has 1 aromatic rings. The molecule has 0 radical (unpaired) electrons. The van der Waals surface area contributed by atoms with Crippen molar-refractivity contribution in [3.8, 4) is 0 Å². The van der Waals surface area contributed by atoms with Gasteiger partial charge in [0.15, 0.2) is 0 Å². The van der Waals surface area contributed by atoms with Gasteiger partial charge in [0.2, 0.25) is 5.91 Å². The number of hydrogen-bond donors (Lipinski definition) is 1. The molecule has 3 unspecified atom stereocenters. The fraction of sp³-hybridized carbons (Fsp3) is 0.500. The number of carbonyl (C=O) groups excluding carboxylic acids is 1. The molecule has 1 fully saturated rings. The molecule has 1 N–H and O–H groups in total. The number of benzene rings is 1. The van der Waals surface area contributed by atoms with E-state index in [4.69, 9.17) is 23.2 Å². The predicted molar refractivity (Wildman–Crippen MR) is 86.8 cm³/mol. The van der Waals surface area contributed by atoms with E-state index in [9.17, 15) is 27.9 Å². The van der Waals surface area contributed by atoms with Gasteiger partial charge in [-0.15, -0.1) is 0 Å². The van der Waals surface area contributed by atoms with Gasteiger partial charge in [0.25, 0.3) is 0 Å². The summed E-state index contributed by atoms with van der Waals surface area (Å²) >= 11 is 11.7. The van der Waals surface area contributed by atoms with E-state index in [1.54, 1.807) is 13.0 Å². The first-order valence-electron chi connectivity index (χ1n) is 7.57. The Morgan fingerprint density at radius 2 is 1.92 bits per heavy atom. The van der Waals surface area contributed by atoms with Gasteiger partial charge < -0.3 is 10.0 Å². The highest BCUT2D eigenvalue weighted by Crippen LogP contribution is 2.38. The van der Waals surface area contributed by atoms with Crippen LogP contribution in [0.4, 0.5) is 13.2 Å². The first-order chi connectivity index (χ1) is 11.5. The molecule has 1 aliphatic heterocycles. The lowest BCUT2D eigenvalue weighted by Gasteiger charge is -2.39. The zero-order valence-electron chi connectivity index (χ0n) is 13.2. The molecule has 25 heavy (non-hydrogen) atoms. The Morgan fingerprint density at radius 1 is 1.28 bits per heavy atom. The standard InChI is InChI=1S/C16H16Cl2F3NO3/c1-8(9-2-3-11(17)12(18)6-9)14(23)22-5-4-10(16(19,20)21)7-13(22)15(24)25/h2-3,6,8,10,13H,4-5,7H2,1H3,(H,24,25). The van der Waals surface area contributed by atoms with Crippen LogP contribution in [0.3, 0.4) is 0 Å². The molecule has 3 atom stereocenters. The molecule has 1 heterocycles. The zero-order valence-corrected chi connectivity index (χ0v) is 14.7. The summed E-state index contributed by atoms with van der Waals surface area (Å²) in [5.74, 6) is -4.47. The Bertz CT molecular complexity index is 681. The lowest BCUT2D eigenvalue weighted by Crippen LogP contribution is -2.53. The highest BCUT2D eigenvalue weighted by Gasteiger charge is 2.47. The number of piperidine rings is 1. The van der Waals surface area contributed by atoms with Crippen molar-refractivity contribution in [2.75, 3.05) is 6.54 Å². The van der Waals surface area contributed by atoms with Crippen LogP contribution in [-0.2, 0) is 9.59 Å². The lowest BCUT2D eigenvalue weighted by molar-refractivity contribution is -0.194. The Balaban J connectivity index is 2.21. The van der Waals surface area contributed by atoms with E-state index in [-0.39, 0.29) is 18.0 Å². The van der Waals surface area contributed by atoms with Gasteiger partial charge in [0.1, 0.15) is 6.04 Å². The van der Waals surface area contributed by atoms with Crippen molar-refractivity contribution in [2.24, 2.45) is 5.92 Å². The number of amides is 1. The first-order valence-corrected chi connectivity index (χ1v) is 8.33. The Hall–Kier alpha value is -1.47. The van der Waals surface area contributed by atoms with Crippen LogP contribution in [0.5, 0.6) is 0 Å². The Kier molecular flexibility index (Phi) is 5.89. The Labute approximate surface area is 152 Å². The predicted octanol–water partition coefficient (Wildman–Crippen LogP) is 4.35. The average Bonchev–Trinajstić information content (AvgIpc) is 2.54. The van der Waals surface area contributed by atoms with E-state index in [1.165, 1.54) is 12.1 Å². The molecule has 4 nitrogen and oxygen atoms in total. The van der Waals surface area contributed by atoms with Gasteiger partial charge in [0.05, 0.1) is 21.9 Å². The van der Waals surface area contributed by atoms with Crippen LogP contribution in [0.2, 0.25) is 10.0 Å². The highest BCUT2D eigenvalue weighted by atomic mass is 35.5. The smallest absolute Gasteiger partial charge is 0.391 e. The van der Waals surface area contributed by atoms with Gasteiger partial charge in [-0.05, 0) is 37.5 Å². The van der Waals surface area contributed by atoms with E-state index in [0.717, 1.165) is 4.90 Å². The number of alkyl halides is 3. The number of carboxylic acid groups (broad SMARTS) is 1. The molecule has 1 amide bonds. The second kappa shape index (κ2) is 7.41. The SMILES string of the molecule is CC(C(=O)N1CCC(C(F)(F)F)CC1C(=O)O)c1ccc(Cl)c(Cl)c1. The van der Waals surface area contributed by atoms with Crippen molar-refractivity contribution in [3.63, 3.8) is 0 Å². The van der Waals surface area contributed by atoms with Crippen molar-refractivity contribution in [3.05, 3.63) is 33.8 Å². The van der Waals surface area contributed by atoms with Crippen LogP contribution in [0, 0.1) is 5.92 Å². The van der Waals surface area contributed by atoms with Crippen molar-refractivity contribution in [1.82, 2.24) is 4.90 Å². The summed E-state index contributed by atoms with van der Waals surface area (Å²) in [5.41, 5.74) is 0.515. The topological polar surface area (TPSA) is 57.6 Å². The number of likely N-dealkylation sites (tertiary alicyclic amines) is 1. The average molecular weight is 398 g/mol. The minimum atomic E-state index is -4.47. The van der Waals surface area contributed by atoms with Crippen molar-refractivity contribution >= 4 is 35.1 Å². The number of carboxylic acids is 1. The van der Waals surface area contributed by atoms with Gasteiger partial charge in [-0.1, -0.05) is 29.3 Å². The largest absolute Gasteiger partial charge is 0.480 e. The van der Waals surface area contributed by atoms with E-state index in [2.05, 4.69) is 0 Å². The van der Waals surface area contributed by atoms with E-state index in [0.29, 0.717) is 10.6 Å². The van der Waals surface area contributed by atoms with Gasteiger partial charge in [0, 0.05) is 6.54 Å². The number of hydrogen-bond acceptors (Lipinski definition) is 2. The Morgan fingerprint density at radius 3 is 2.44 bits per heavy atom. The molecule has 0 saturated carbocycles. The number of nitrogens with zero attached hydrogens (tertiary/aromatic N) is 1. The van der Waals surface area contributed by atoms with Gasteiger partial charge in [-0.2, -0.15) is 13.2 Å². The number of aliphatic carboxylic acids is 1. The third kappa shape index (κ3) is 4.39. The van der Waals surface area contributed by atoms with Crippen molar-refractivity contribution in [1.29, 1.82) is 0 Å². The third-order valence-corrected chi connectivity index (χ3v) is 5.19. The summed E-state index contributed by atoms with van der Waals surface area (Å²) in [7, 11) is 0. The third-order valence-electron chi connectivity index (χ3n) is 4.45. The maximum absolute atomic E-state index is 12.9. The number of rotatable bonds is 3. The highest BCUT2D eigenvalue weighted by molar-refractivity contribution is 6.42. The maximum atomic E-state index is 12.9. The monoisotopic (exact) mass is 397 g/mol. The molecule has 0 spiro atoms. The summed E-state index contributed by atoms with van der Waals surface area (Å²) in [6, 6.07) is 3.07. The molecule has 9 heteroatoms. The first kappa shape index (κ1) is 19.8. The van der Waals surface area contributed by atoms with Crippen LogP contribution in [0.25, 0.3) is 0 Å². The fourth-order valence-corrected chi connectivity index (χ4v) is 3.24. The summed E-state index contributed by atoms with van der Waals surface area (Å²) in [4.78, 5) is 25.1. The molecule has 0 aliphatic carbocycles.